The van der Waals surface area contributed by atoms with Gasteiger partial charge in [-0.2, -0.15) is 9.48 Å². The minimum Gasteiger partial charge on any atom is -0.850 e. The highest BCUT2D eigenvalue weighted by Crippen LogP contribution is 2.11. The molecule has 0 aliphatic rings. The van der Waals surface area contributed by atoms with Crippen LogP contribution in [-0.4, -0.2) is 37.0 Å². The molecule has 0 atom stereocenters. The molecule has 0 N–H and O–H groups in total. The summed E-state index contributed by atoms with van der Waals surface area (Å²) in [6, 6.07) is 0. The summed E-state index contributed by atoms with van der Waals surface area (Å²) in [6.07, 6.45) is 0. The fraction of sp³-hybridized carbons (Fsp3) is 1.00. The van der Waals surface area contributed by atoms with Crippen molar-refractivity contribution in [2.45, 2.75) is 52.7 Å². The number of quaternary nitrogens is 1. The van der Waals surface area contributed by atoms with E-state index in [-0.39, 0.29) is 5.60 Å². The number of hydroxylamine groups is 3. The van der Waals surface area contributed by atoms with Crippen molar-refractivity contribution in [1.29, 1.82) is 0 Å². The topological polar surface area (TPSA) is 32.3 Å². The molecule has 0 aliphatic carbocycles. The predicted octanol–water partition coefficient (Wildman–Crippen LogP) is 1.57. The molecule has 0 saturated heterocycles. The molecule has 0 heterocycles. The Hall–Kier alpha value is -0.120. The van der Waals surface area contributed by atoms with Crippen LogP contribution in [0.15, 0.2) is 0 Å². The van der Waals surface area contributed by atoms with Crippen LogP contribution in [0.25, 0.3) is 0 Å². The van der Waals surface area contributed by atoms with Crippen LogP contribution < -0.4 is 5.11 Å². The number of hydrogen-bond donors (Lipinski definition) is 0. The Labute approximate surface area is 89.2 Å². The molecule has 0 saturated carbocycles. The van der Waals surface area contributed by atoms with Gasteiger partial charge >= 0.3 is 0 Å². The lowest BCUT2D eigenvalue weighted by molar-refractivity contribution is -1.07. The highest BCUT2D eigenvalue weighted by molar-refractivity contribution is 4.54. The van der Waals surface area contributed by atoms with Crippen molar-refractivity contribution in [3.63, 3.8) is 0 Å². The molecule has 0 aromatic heterocycles. The van der Waals surface area contributed by atoms with E-state index in [0.29, 0.717) is 4.65 Å². The normalized spacial score (nSPS) is 13.3. The van der Waals surface area contributed by atoms with Gasteiger partial charge in [-0.15, -0.1) is 5.60 Å². The van der Waals surface area contributed by atoms with E-state index < -0.39 is 5.60 Å². The van der Waals surface area contributed by atoms with Crippen LogP contribution in [0.5, 0.6) is 0 Å². The van der Waals surface area contributed by atoms with Gasteiger partial charge in [0.25, 0.3) is 0 Å². The third kappa shape index (κ3) is 40.7. The third-order valence-electron chi connectivity index (χ3n) is 0.548. The molecular formula is C11H27NO2. The lowest BCUT2D eigenvalue weighted by Crippen LogP contribution is -2.41. The zero-order valence-electron chi connectivity index (χ0n) is 11.3. The molecule has 0 rings (SSSR count). The quantitative estimate of drug-likeness (QED) is 0.481. The second-order valence-electron chi connectivity index (χ2n) is 6.21. The first-order valence-electron chi connectivity index (χ1n) is 4.93. The Morgan fingerprint density at radius 2 is 1.07 bits per heavy atom. The van der Waals surface area contributed by atoms with Gasteiger partial charge in [0.05, 0.1) is 21.1 Å². The maximum atomic E-state index is 10.1. The highest BCUT2D eigenvalue weighted by atomic mass is 16.7. The lowest BCUT2D eigenvalue weighted by atomic mass is 10.2. The summed E-state index contributed by atoms with van der Waals surface area (Å²) >= 11 is 0. The minimum absolute atomic E-state index is 0.0434. The summed E-state index contributed by atoms with van der Waals surface area (Å²) in [7, 11) is 6.02. The van der Waals surface area contributed by atoms with Crippen LogP contribution in [0.4, 0.5) is 0 Å². The van der Waals surface area contributed by atoms with Gasteiger partial charge in [0.2, 0.25) is 0 Å². The predicted molar refractivity (Wildman–Crippen MR) is 58.6 cm³/mol. The van der Waals surface area contributed by atoms with Gasteiger partial charge in [-0.05, 0) is 20.8 Å². The smallest absolute Gasteiger partial charge is 0.119 e. The van der Waals surface area contributed by atoms with Crippen molar-refractivity contribution < 1.29 is 14.6 Å². The summed E-state index contributed by atoms with van der Waals surface area (Å²) in [5, 5.41) is 10.1. The number of nitrogens with zero attached hydrogens (tertiary/aromatic N) is 1. The van der Waals surface area contributed by atoms with E-state index in [1.165, 1.54) is 0 Å². The fourth-order valence-corrected chi connectivity index (χ4v) is 0.822. The molecule has 0 aromatic carbocycles. The van der Waals surface area contributed by atoms with Crippen molar-refractivity contribution in [2.24, 2.45) is 0 Å². The van der Waals surface area contributed by atoms with E-state index in [0.717, 1.165) is 0 Å². The first kappa shape index (κ1) is 16.3. The Bertz CT molecular complexity index is 128. The van der Waals surface area contributed by atoms with E-state index in [4.69, 9.17) is 4.84 Å². The molecule has 3 heteroatoms. The van der Waals surface area contributed by atoms with Gasteiger partial charge in [-0.3, -0.25) is 0 Å². The molecule has 0 unspecified atom stereocenters. The SMILES string of the molecule is CC(C)(C)O[N+](C)(C)C.CC(C)(C)[O-]. The van der Waals surface area contributed by atoms with Crippen molar-refractivity contribution in [1.82, 2.24) is 0 Å². The van der Waals surface area contributed by atoms with Crippen LogP contribution in [0.3, 0.4) is 0 Å². The Kier molecular flexibility index (Phi) is 5.94. The monoisotopic (exact) mass is 205 g/mol. The van der Waals surface area contributed by atoms with Gasteiger partial charge in [0.1, 0.15) is 5.60 Å². The maximum Gasteiger partial charge on any atom is 0.119 e. The first-order chi connectivity index (χ1) is 5.71. The van der Waals surface area contributed by atoms with Crippen molar-refractivity contribution in [2.75, 3.05) is 21.1 Å². The summed E-state index contributed by atoms with van der Waals surface area (Å²) in [4.78, 5) is 5.56. The standard InChI is InChI=1S/C7H18NO.C4H9O/c1-7(2,3)9-8(4,5)6;1-4(2,3)5/h1-6H3;1-3H3/q+1;-1. The Balaban J connectivity index is 0. The molecule has 88 valence electrons. The van der Waals surface area contributed by atoms with Gasteiger partial charge in [-0.1, -0.05) is 20.8 Å². The van der Waals surface area contributed by atoms with Crippen LogP contribution in [-0.2, 0) is 4.84 Å². The van der Waals surface area contributed by atoms with Crippen molar-refractivity contribution in [3.8, 4) is 0 Å². The molecule has 0 aromatic rings. The van der Waals surface area contributed by atoms with Crippen molar-refractivity contribution >= 4 is 0 Å². The summed E-state index contributed by atoms with van der Waals surface area (Å²) < 4.78 is 0.559. The maximum absolute atomic E-state index is 10.1. The van der Waals surface area contributed by atoms with Gasteiger partial charge < -0.3 is 5.11 Å². The average Bonchev–Trinajstić information content (AvgIpc) is 1.42. The molecule has 0 amide bonds. The van der Waals surface area contributed by atoms with E-state index in [1.807, 2.05) is 21.1 Å². The van der Waals surface area contributed by atoms with Gasteiger partial charge in [0, 0.05) is 0 Å². The van der Waals surface area contributed by atoms with Gasteiger partial charge in [0.15, 0.2) is 0 Å². The molecule has 0 fully saturated rings. The van der Waals surface area contributed by atoms with Crippen LogP contribution in [0.1, 0.15) is 41.5 Å². The molecule has 0 aliphatic heterocycles. The second-order valence-corrected chi connectivity index (χ2v) is 6.21. The van der Waals surface area contributed by atoms with E-state index >= 15 is 0 Å². The molecule has 14 heavy (non-hydrogen) atoms. The largest absolute Gasteiger partial charge is 0.850 e. The minimum atomic E-state index is -0.750. The van der Waals surface area contributed by atoms with Crippen LogP contribution >= 0.6 is 0 Å². The summed E-state index contributed by atoms with van der Waals surface area (Å²) in [5.74, 6) is 0. The summed E-state index contributed by atoms with van der Waals surface area (Å²) in [6.45, 7) is 11.1. The van der Waals surface area contributed by atoms with E-state index in [9.17, 15) is 5.11 Å². The second kappa shape index (κ2) is 5.10. The zero-order valence-corrected chi connectivity index (χ0v) is 11.3. The average molecular weight is 205 g/mol. The zero-order chi connectivity index (χ0) is 12.2. The molecular weight excluding hydrogens is 178 g/mol. The fourth-order valence-electron chi connectivity index (χ4n) is 0.822. The van der Waals surface area contributed by atoms with Crippen molar-refractivity contribution in [3.05, 3.63) is 0 Å². The third-order valence-corrected chi connectivity index (χ3v) is 0.548. The van der Waals surface area contributed by atoms with E-state index in [1.54, 1.807) is 20.8 Å². The Morgan fingerprint density at radius 3 is 1.07 bits per heavy atom. The number of hydrogen-bond acceptors (Lipinski definition) is 2. The first-order valence-corrected chi connectivity index (χ1v) is 4.93. The highest BCUT2D eigenvalue weighted by Gasteiger charge is 2.21. The molecule has 3 nitrogen and oxygen atoms in total. The van der Waals surface area contributed by atoms with E-state index in [2.05, 4.69) is 20.8 Å². The van der Waals surface area contributed by atoms with Gasteiger partial charge in [-0.25, -0.2) is 0 Å². The lowest BCUT2D eigenvalue weighted by Gasteiger charge is -2.29. The molecule has 0 radical (unpaired) electrons. The summed E-state index contributed by atoms with van der Waals surface area (Å²) in [5.41, 5.74) is -0.793. The molecule has 0 spiro atoms. The molecule has 0 bridgehead atoms. The van der Waals surface area contributed by atoms with Crippen LogP contribution in [0, 0.1) is 0 Å². The number of rotatable bonds is 1. The van der Waals surface area contributed by atoms with Crippen LogP contribution in [0.2, 0.25) is 0 Å². The Morgan fingerprint density at radius 1 is 0.857 bits per heavy atom.